The van der Waals surface area contributed by atoms with E-state index in [4.69, 9.17) is 0 Å². The van der Waals surface area contributed by atoms with Gasteiger partial charge in [-0.15, -0.1) is 0 Å². The van der Waals surface area contributed by atoms with Gasteiger partial charge in [-0.1, -0.05) is 24.3 Å². The quantitative estimate of drug-likeness (QED) is 0.602. The van der Waals surface area contributed by atoms with Gasteiger partial charge >= 0.3 is 0 Å². The summed E-state index contributed by atoms with van der Waals surface area (Å²) in [6.07, 6.45) is 0.996. The van der Waals surface area contributed by atoms with Crippen molar-refractivity contribution in [2.75, 3.05) is 12.0 Å². The van der Waals surface area contributed by atoms with Gasteiger partial charge in [0.25, 0.3) is 5.91 Å². The van der Waals surface area contributed by atoms with Gasteiger partial charge in [-0.25, -0.2) is 12.8 Å². The minimum absolute atomic E-state index is 0.0724. The molecule has 0 heterocycles. The zero-order valence-corrected chi connectivity index (χ0v) is 18.4. The molecule has 2 rings (SSSR count). The minimum atomic E-state index is -3.33. The number of benzene rings is 2. The van der Waals surface area contributed by atoms with Gasteiger partial charge < -0.3 is 10.6 Å². The molecule has 0 aliphatic carbocycles. The van der Waals surface area contributed by atoms with E-state index in [0.29, 0.717) is 15.6 Å². The van der Waals surface area contributed by atoms with E-state index >= 15 is 0 Å². The third-order valence-corrected chi connectivity index (χ3v) is 5.92. The molecule has 29 heavy (non-hydrogen) atoms. The number of rotatable bonds is 8. The Morgan fingerprint density at radius 1 is 1.07 bits per heavy atom. The summed E-state index contributed by atoms with van der Waals surface area (Å²) in [4.78, 5) is 25.3. The van der Waals surface area contributed by atoms with E-state index in [9.17, 15) is 22.4 Å². The summed E-state index contributed by atoms with van der Waals surface area (Å²) in [6, 6.07) is 10.9. The number of carbonyl (C=O) groups excluding carboxylic acids is 2. The SMILES string of the molecule is CC(NC(=O)C(CCS(C)(=O)=O)NC(=O)c1ccccc1Br)c1ccc(F)cc1. The molecule has 0 bridgehead atoms. The van der Waals surface area contributed by atoms with Crippen LogP contribution in [-0.2, 0) is 14.6 Å². The highest BCUT2D eigenvalue weighted by molar-refractivity contribution is 9.10. The molecule has 2 aromatic carbocycles. The Bertz CT molecular complexity index is 980. The fourth-order valence-corrected chi connectivity index (χ4v) is 3.76. The predicted molar refractivity (Wildman–Crippen MR) is 113 cm³/mol. The van der Waals surface area contributed by atoms with Crippen molar-refractivity contribution in [2.45, 2.75) is 25.4 Å². The number of amides is 2. The first kappa shape index (κ1) is 23.0. The van der Waals surface area contributed by atoms with E-state index in [2.05, 4.69) is 26.6 Å². The highest BCUT2D eigenvalue weighted by Gasteiger charge is 2.25. The summed E-state index contributed by atoms with van der Waals surface area (Å²) in [6.45, 7) is 1.72. The number of halogens is 2. The first-order valence-electron chi connectivity index (χ1n) is 8.86. The molecule has 0 aliphatic heterocycles. The second-order valence-corrected chi connectivity index (χ2v) is 9.82. The summed E-state index contributed by atoms with van der Waals surface area (Å²) in [5.74, 6) is -1.67. The van der Waals surface area contributed by atoms with Gasteiger partial charge in [0.15, 0.2) is 0 Å². The Kier molecular flexibility index (Phi) is 7.92. The van der Waals surface area contributed by atoms with Crippen LogP contribution in [-0.4, -0.2) is 38.3 Å². The van der Waals surface area contributed by atoms with Crippen molar-refractivity contribution in [1.29, 1.82) is 0 Å². The van der Waals surface area contributed by atoms with E-state index in [1.165, 1.54) is 12.1 Å². The predicted octanol–water partition coefficient (Wildman–Crippen LogP) is 3.00. The van der Waals surface area contributed by atoms with Gasteiger partial charge in [0.2, 0.25) is 5.91 Å². The zero-order valence-electron chi connectivity index (χ0n) is 16.0. The van der Waals surface area contributed by atoms with Crippen molar-refractivity contribution in [3.05, 3.63) is 69.9 Å². The van der Waals surface area contributed by atoms with Gasteiger partial charge in [0, 0.05) is 10.7 Å². The van der Waals surface area contributed by atoms with Crippen LogP contribution in [0.15, 0.2) is 53.0 Å². The van der Waals surface area contributed by atoms with Crippen molar-refractivity contribution in [3.63, 3.8) is 0 Å². The molecule has 2 aromatic rings. The largest absolute Gasteiger partial charge is 0.348 e. The number of hydrogen-bond acceptors (Lipinski definition) is 4. The molecule has 0 spiro atoms. The van der Waals surface area contributed by atoms with Crippen LogP contribution in [0.5, 0.6) is 0 Å². The maximum atomic E-state index is 13.1. The molecule has 0 aliphatic rings. The highest BCUT2D eigenvalue weighted by Crippen LogP contribution is 2.17. The van der Waals surface area contributed by atoms with Crippen LogP contribution in [0, 0.1) is 5.82 Å². The molecule has 0 fully saturated rings. The number of sulfone groups is 1. The Morgan fingerprint density at radius 2 is 1.69 bits per heavy atom. The van der Waals surface area contributed by atoms with Gasteiger partial charge in [-0.3, -0.25) is 9.59 Å². The molecule has 9 heteroatoms. The molecule has 156 valence electrons. The molecule has 0 radical (unpaired) electrons. The van der Waals surface area contributed by atoms with Crippen molar-refractivity contribution in [2.24, 2.45) is 0 Å². The molecule has 2 N–H and O–H groups in total. The summed E-state index contributed by atoms with van der Waals surface area (Å²) in [5.41, 5.74) is 1.01. The van der Waals surface area contributed by atoms with Crippen LogP contribution in [0.4, 0.5) is 4.39 Å². The summed E-state index contributed by atoms with van der Waals surface area (Å²) in [5, 5.41) is 5.35. The van der Waals surface area contributed by atoms with Gasteiger partial charge in [0.05, 0.1) is 17.4 Å². The topological polar surface area (TPSA) is 92.3 Å². The van der Waals surface area contributed by atoms with E-state index in [1.54, 1.807) is 43.3 Å². The van der Waals surface area contributed by atoms with E-state index in [0.717, 1.165) is 6.26 Å². The molecule has 0 aromatic heterocycles. The lowest BCUT2D eigenvalue weighted by atomic mass is 10.1. The summed E-state index contributed by atoms with van der Waals surface area (Å²) in [7, 11) is -3.33. The third-order valence-electron chi connectivity index (χ3n) is 4.25. The second kappa shape index (κ2) is 9.98. The average molecular weight is 485 g/mol. The van der Waals surface area contributed by atoms with Crippen molar-refractivity contribution in [1.82, 2.24) is 10.6 Å². The maximum Gasteiger partial charge on any atom is 0.253 e. The van der Waals surface area contributed by atoms with Crippen LogP contribution < -0.4 is 10.6 Å². The minimum Gasteiger partial charge on any atom is -0.348 e. The Labute approximate surface area is 177 Å². The van der Waals surface area contributed by atoms with Crippen LogP contribution in [0.1, 0.15) is 35.3 Å². The molecule has 0 saturated carbocycles. The van der Waals surface area contributed by atoms with Gasteiger partial charge in [-0.05, 0) is 59.1 Å². The molecule has 6 nitrogen and oxygen atoms in total. The molecule has 2 unspecified atom stereocenters. The van der Waals surface area contributed by atoms with Crippen molar-refractivity contribution < 1.29 is 22.4 Å². The monoisotopic (exact) mass is 484 g/mol. The van der Waals surface area contributed by atoms with Crippen molar-refractivity contribution in [3.8, 4) is 0 Å². The zero-order chi connectivity index (χ0) is 21.6. The van der Waals surface area contributed by atoms with Crippen LogP contribution >= 0.6 is 15.9 Å². The van der Waals surface area contributed by atoms with Crippen LogP contribution in [0.3, 0.4) is 0 Å². The van der Waals surface area contributed by atoms with Crippen molar-refractivity contribution >= 4 is 37.6 Å². The highest BCUT2D eigenvalue weighted by atomic mass is 79.9. The Balaban J connectivity index is 2.15. The number of carbonyl (C=O) groups is 2. The first-order valence-corrected chi connectivity index (χ1v) is 11.7. The standard InChI is InChI=1S/C20H22BrFN2O4S/c1-13(14-7-9-15(22)10-8-14)23-20(26)18(11-12-29(2,27)28)24-19(25)16-5-3-4-6-17(16)21/h3-10,13,18H,11-12H2,1-2H3,(H,23,26)(H,24,25). The van der Waals surface area contributed by atoms with Crippen LogP contribution in [0.2, 0.25) is 0 Å². The van der Waals surface area contributed by atoms with Gasteiger partial charge in [-0.2, -0.15) is 0 Å². The fourth-order valence-electron chi connectivity index (χ4n) is 2.63. The molecule has 0 saturated heterocycles. The second-order valence-electron chi connectivity index (χ2n) is 6.71. The van der Waals surface area contributed by atoms with E-state index < -0.39 is 33.7 Å². The lowest BCUT2D eigenvalue weighted by Gasteiger charge is -2.22. The fraction of sp³-hybridized carbons (Fsp3) is 0.300. The Morgan fingerprint density at radius 3 is 2.28 bits per heavy atom. The molecule has 2 atom stereocenters. The van der Waals surface area contributed by atoms with E-state index in [-0.39, 0.29) is 18.0 Å². The summed E-state index contributed by atoms with van der Waals surface area (Å²) >= 11 is 3.28. The molecule has 2 amide bonds. The number of nitrogens with one attached hydrogen (secondary N) is 2. The van der Waals surface area contributed by atoms with Gasteiger partial charge in [0.1, 0.15) is 21.7 Å². The Hall–Kier alpha value is -2.26. The average Bonchev–Trinajstić information content (AvgIpc) is 2.64. The van der Waals surface area contributed by atoms with Crippen LogP contribution in [0.25, 0.3) is 0 Å². The smallest absolute Gasteiger partial charge is 0.253 e. The molecular formula is C20H22BrFN2O4S. The maximum absolute atomic E-state index is 13.1. The first-order chi connectivity index (χ1) is 13.6. The lowest BCUT2D eigenvalue weighted by Crippen LogP contribution is -2.48. The third kappa shape index (κ3) is 7.25. The normalized spacial score (nSPS) is 13.4. The van der Waals surface area contributed by atoms with E-state index in [1.807, 2.05) is 0 Å². The number of hydrogen-bond donors (Lipinski definition) is 2. The lowest BCUT2D eigenvalue weighted by molar-refractivity contribution is -0.123. The summed E-state index contributed by atoms with van der Waals surface area (Å²) < 4.78 is 36.8. The molecular weight excluding hydrogens is 463 g/mol.